The third kappa shape index (κ3) is 3.47. The van der Waals surface area contributed by atoms with Gasteiger partial charge in [-0.1, -0.05) is 26.0 Å². The van der Waals surface area contributed by atoms with E-state index in [0.29, 0.717) is 5.92 Å². The van der Waals surface area contributed by atoms with Crippen LogP contribution in [0, 0.1) is 5.92 Å². The van der Waals surface area contributed by atoms with Gasteiger partial charge in [-0.05, 0) is 48.9 Å². The zero-order chi connectivity index (χ0) is 12.3. The Bertz CT molecular complexity index is 342. The second-order valence-electron chi connectivity index (χ2n) is 5.45. The standard InChI is InChI=1S/C15H23N2/c1-12(2)10-17-9-3-4-14(11-17)13-5-7-15(16)8-6-13/h5-8,14H,3-4,9-11,16H2,1-2H3. The van der Waals surface area contributed by atoms with E-state index in [1.807, 2.05) is 12.1 Å². The lowest BCUT2D eigenvalue weighted by Gasteiger charge is -2.33. The van der Waals surface area contributed by atoms with Crippen LogP contribution in [-0.4, -0.2) is 24.5 Å². The molecule has 0 spiro atoms. The summed E-state index contributed by atoms with van der Waals surface area (Å²) in [5, 5.41) is 0. The quantitative estimate of drug-likeness (QED) is 0.810. The Morgan fingerprint density at radius 2 is 2.00 bits per heavy atom. The van der Waals surface area contributed by atoms with E-state index < -0.39 is 0 Å². The third-order valence-electron chi connectivity index (χ3n) is 3.45. The molecule has 1 fully saturated rings. The SMILES string of the molecule is C[C](C)CN1CCCC(c2ccc(N)cc2)C1. The van der Waals surface area contributed by atoms with Gasteiger partial charge in [0.15, 0.2) is 0 Å². The number of piperidine rings is 1. The van der Waals surface area contributed by atoms with Gasteiger partial charge in [0.2, 0.25) is 0 Å². The minimum atomic E-state index is 0.684. The summed E-state index contributed by atoms with van der Waals surface area (Å²) in [4.78, 5) is 2.57. The topological polar surface area (TPSA) is 29.3 Å². The van der Waals surface area contributed by atoms with E-state index in [4.69, 9.17) is 5.73 Å². The van der Waals surface area contributed by atoms with Crippen molar-refractivity contribution >= 4 is 5.69 Å². The van der Waals surface area contributed by atoms with Crippen LogP contribution in [-0.2, 0) is 0 Å². The molecule has 17 heavy (non-hydrogen) atoms. The summed E-state index contributed by atoms with van der Waals surface area (Å²) < 4.78 is 0. The lowest BCUT2D eigenvalue weighted by Crippen LogP contribution is -2.36. The molecule has 1 aromatic rings. The van der Waals surface area contributed by atoms with Crippen LogP contribution in [0.5, 0.6) is 0 Å². The molecule has 2 N–H and O–H groups in total. The zero-order valence-corrected chi connectivity index (χ0v) is 10.9. The number of hydrogen-bond acceptors (Lipinski definition) is 2. The Hall–Kier alpha value is -1.02. The molecule has 1 aliphatic rings. The first-order valence-electron chi connectivity index (χ1n) is 6.52. The van der Waals surface area contributed by atoms with E-state index in [9.17, 15) is 0 Å². The summed E-state index contributed by atoms with van der Waals surface area (Å²) in [6.07, 6.45) is 2.62. The van der Waals surface area contributed by atoms with Crippen LogP contribution in [0.1, 0.15) is 38.2 Å². The summed E-state index contributed by atoms with van der Waals surface area (Å²) in [6.45, 7) is 8.01. The molecule has 93 valence electrons. The Morgan fingerprint density at radius 1 is 1.29 bits per heavy atom. The second-order valence-corrected chi connectivity index (χ2v) is 5.45. The monoisotopic (exact) mass is 231 g/mol. The third-order valence-corrected chi connectivity index (χ3v) is 3.45. The summed E-state index contributed by atoms with van der Waals surface area (Å²) in [5.74, 6) is 2.19. The predicted molar refractivity (Wildman–Crippen MR) is 73.9 cm³/mol. The molecular weight excluding hydrogens is 208 g/mol. The van der Waals surface area contributed by atoms with Crippen LogP contribution in [0.25, 0.3) is 0 Å². The van der Waals surface area contributed by atoms with Gasteiger partial charge in [-0.15, -0.1) is 0 Å². The molecule has 0 aliphatic carbocycles. The van der Waals surface area contributed by atoms with Gasteiger partial charge in [0.1, 0.15) is 0 Å². The maximum Gasteiger partial charge on any atom is 0.0314 e. The van der Waals surface area contributed by atoms with E-state index in [2.05, 4.69) is 30.9 Å². The van der Waals surface area contributed by atoms with Gasteiger partial charge in [0.25, 0.3) is 0 Å². The number of nitrogens with two attached hydrogens (primary N) is 1. The molecule has 1 radical (unpaired) electrons. The molecule has 0 bridgehead atoms. The Kier molecular flexibility index (Phi) is 4.06. The van der Waals surface area contributed by atoms with Gasteiger partial charge in [-0.25, -0.2) is 0 Å². The van der Waals surface area contributed by atoms with Gasteiger partial charge in [-0.3, -0.25) is 0 Å². The first kappa shape index (κ1) is 12.4. The van der Waals surface area contributed by atoms with Crippen molar-refractivity contribution in [3.8, 4) is 0 Å². The summed E-state index contributed by atoms with van der Waals surface area (Å²) in [6, 6.07) is 8.41. The minimum absolute atomic E-state index is 0.684. The zero-order valence-electron chi connectivity index (χ0n) is 10.9. The molecule has 1 heterocycles. The van der Waals surface area contributed by atoms with E-state index in [1.54, 1.807) is 0 Å². The molecule has 1 aliphatic heterocycles. The van der Waals surface area contributed by atoms with E-state index in [0.717, 1.165) is 12.2 Å². The molecule has 0 amide bonds. The fourth-order valence-corrected chi connectivity index (χ4v) is 2.69. The molecule has 0 saturated carbocycles. The van der Waals surface area contributed by atoms with Crippen LogP contribution in [0.15, 0.2) is 24.3 Å². The van der Waals surface area contributed by atoms with Crippen molar-refractivity contribution in [1.29, 1.82) is 0 Å². The van der Waals surface area contributed by atoms with Crippen LogP contribution in [0.2, 0.25) is 0 Å². The molecule has 1 saturated heterocycles. The van der Waals surface area contributed by atoms with E-state index in [-0.39, 0.29) is 0 Å². The van der Waals surface area contributed by atoms with Crippen molar-refractivity contribution in [1.82, 2.24) is 4.90 Å². The summed E-state index contributed by atoms with van der Waals surface area (Å²) in [5.41, 5.74) is 8.04. The minimum Gasteiger partial charge on any atom is -0.399 e. The highest BCUT2D eigenvalue weighted by Gasteiger charge is 2.21. The maximum absolute atomic E-state index is 5.74. The number of rotatable bonds is 3. The molecular formula is C15H23N2. The molecule has 1 aromatic carbocycles. The number of anilines is 1. The summed E-state index contributed by atoms with van der Waals surface area (Å²) in [7, 11) is 0. The van der Waals surface area contributed by atoms with E-state index >= 15 is 0 Å². The number of hydrogen-bond donors (Lipinski definition) is 1. The van der Waals surface area contributed by atoms with Crippen LogP contribution >= 0.6 is 0 Å². The van der Waals surface area contributed by atoms with Gasteiger partial charge in [-0.2, -0.15) is 0 Å². The summed E-state index contributed by atoms with van der Waals surface area (Å²) >= 11 is 0. The molecule has 1 atom stereocenters. The van der Waals surface area contributed by atoms with Crippen molar-refractivity contribution < 1.29 is 0 Å². The Balaban J connectivity index is 1.99. The predicted octanol–water partition coefficient (Wildman–Crippen LogP) is 3.06. The van der Waals surface area contributed by atoms with Crippen LogP contribution < -0.4 is 5.73 Å². The highest BCUT2D eigenvalue weighted by molar-refractivity contribution is 5.40. The molecule has 1 unspecified atom stereocenters. The highest BCUT2D eigenvalue weighted by atomic mass is 15.1. The van der Waals surface area contributed by atoms with Gasteiger partial charge in [0, 0.05) is 18.8 Å². The molecule has 2 nitrogen and oxygen atoms in total. The van der Waals surface area contributed by atoms with Gasteiger partial charge >= 0.3 is 0 Å². The largest absolute Gasteiger partial charge is 0.399 e. The van der Waals surface area contributed by atoms with Crippen molar-refractivity contribution in [2.24, 2.45) is 0 Å². The smallest absolute Gasteiger partial charge is 0.0314 e. The number of nitrogen functional groups attached to an aromatic ring is 1. The molecule has 0 aromatic heterocycles. The number of nitrogens with zero attached hydrogens (tertiary/aromatic N) is 1. The Labute approximate surface area is 105 Å². The van der Waals surface area contributed by atoms with Crippen molar-refractivity contribution in [3.63, 3.8) is 0 Å². The number of likely N-dealkylation sites (tertiary alicyclic amines) is 1. The number of benzene rings is 1. The molecule has 2 rings (SSSR count). The average molecular weight is 231 g/mol. The van der Waals surface area contributed by atoms with Crippen molar-refractivity contribution in [3.05, 3.63) is 35.7 Å². The first-order valence-corrected chi connectivity index (χ1v) is 6.52. The van der Waals surface area contributed by atoms with Gasteiger partial charge < -0.3 is 10.6 Å². The Morgan fingerprint density at radius 3 is 2.65 bits per heavy atom. The second kappa shape index (κ2) is 5.54. The molecule has 2 heteroatoms. The van der Waals surface area contributed by atoms with Crippen LogP contribution in [0.3, 0.4) is 0 Å². The van der Waals surface area contributed by atoms with E-state index in [1.165, 1.54) is 37.4 Å². The lowest BCUT2D eigenvalue weighted by molar-refractivity contribution is 0.215. The fraction of sp³-hybridized carbons (Fsp3) is 0.533. The van der Waals surface area contributed by atoms with Crippen LogP contribution in [0.4, 0.5) is 5.69 Å². The van der Waals surface area contributed by atoms with Crippen molar-refractivity contribution in [2.45, 2.75) is 32.6 Å². The fourth-order valence-electron chi connectivity index (χ4n) is 2.69. The maximum atomic E-state index is 5.74. The average Bonchev–Trinajstić information content (AvgIpc) is 2.29. The van der Waals surface area contributed by atoms with Gasteiger partial charge in [0.05, 0.1) is 0 Å². The first-order chi connectivity index (χ1) is 8.15. The lowest BCUT2D eigenvalue weighted by atomic mass is 9.90. The van der Waals surface area contributed by atoms with Crippen molar-refractivity contribution in [2.75, 3.05) is 25.4 Å². The highest BCUT2D eigenvalue weighted by Crippen LogP contribution is 2.27. The normalized spacial score (nSPS) is 21.9.